The number of nitrogens with one attached hydrogen (secondary N) is 2. The Morgan fingerprint density at radius 2 is 1.52 bits per heavy atom. The van der Waals surface area contributed by atoms with Crippen molar-refractivity contribution in [2.75, 3.05) is 0 Å². The lowest BCUT2D eigenvalue weighted by Crippen LogP contribution is -2.18. The zero-order valence-corrected chi connectivity index (χ0v) is 11.7. The van der Waals surface area contributed by atoms with Gasteiger partial charge < -0.3 is 14.7 Å². The number of aromatic amines is 2. The van der Waals surface area contributed by atoms with Crippen LogP contribution in [0.2, 0.25) is 0 Å². The number of benzene rings is 1. The number of H-pyrrole nitrogens is 2. The number of alkyl halides is 3. The van der Waals surface area contributed by atoms with Gasteiger partial charge in [0.2, 0.25) is 0 Å². The first-order valence-electron chi connectivity index (χ1n) is 6.76. The molecule has 0 atom stereocenters. The van der Waals surface area contributed by atoms with Crippen LogP contribution in [0.1, 0.15) is 22.9 Å². The van der Waals surface area contributed by atoms with Gasteiger partial charge in [-0.2, -0.15) is 0 Å². The Morgan fingerprint density at radius 3 is 1.96 bits per heavy atom. The third kappa shape index (κ3) is 3.39. The maximum atomic E-state index is 14.0. The third-order valence-electron chi connectivity index (χ3n) is 3.38. The highest BCUT2D eigenvalue weighted by Gasteiger charge is 2.32. The molecule has 0 unspecified atom stereocenters. The molecule has 0 amide bonds. The van der Waals surface area contributed by atoms with Crippen molar-refractivity contribution in [1.29, 1.82) is 0 Å². The minimum atomic E-state index is -4.93. The molecule has 120 valence electrons. The lowest BCUT2D eigenvalue weighted by Gasteiger charge is -2.17. The summed E-state index contributed by atoms with van der Waals surface area (Å²) in [5, 5.41) is 0. The fraction of sp³-hybridized carbons (Fsp3) is 0.125. The van der Waals surface area contributed by atoms with Gasteiger partial charge in [0.15, 0.2) is 11.6 Å². The molecular weight excluding hydrogens is 312 g/mol. The van der Waals surface area contributed by atoms with Crippen molar-refractivity contribution in [3.05, 3.63) is 77.6 Å². The molecule has 0 aliphatic rings. The predicted molar refractivity (Wildman–Crippen MR) is 75.6 cm³/mol. The lowest BCUT2D eigenvalue weighted by molar-refractivity contribution is -0.275. The quantitative estimate of drug-likeness (QED) is 0.679. The van der Waals surface area contributed by atoms with Crippen molar-refractivity contribution in [3.8, 4) is 5.75 Å². The van der Waals surface area contributed by atoms with Crippen LogP contribution in [0.25, 0.3) is 0 Å². The van der Waals surface area contributed by atoms with Crippen LogP contribution in [0.4, 0.5) is 17.6 Å². The van der Waals surface area contributed by atoms with Crippen molar-refractivity contribution in [2.24, 2.45) is 0 Å². The highest BCUT2D eigenvalue weighted by atomic mass is 19.4. The van der Waals surface area contributed by atoms with Crippen LogP contribution in [-0.2, 0) is 0 Å². The smallest absolute Gasteiger partial charge is 0.403 e. The highest BCUT2D eigenvalue weighted by Crippen LogP contribution is 2.33. The van der Waals surface area contributed by atoms with Crippen molar-refractivity contribution in [2.45, 2.75) is 12.3 Å². The van der Waals surface area contributed by atoms with Crippen molar-refractivity contribution in [1.82, 2.24) is 9.97 Å². The molecule has 3 nitrogen and oxygen atoms in total. The van der Waals surface area contributed by atoms with Crippen molar-refractivity contribution in [3.63, 3.8) is 0 Å². The Kier molecular flexibility index (Phi) is 3.85. The van der Waals surface area contributed by atoms with E-state index in [1.54, 1.807) is 24.5 Å². The fourth-order valence-electron chi connectivity index (χ4n) is 2.48. The first-order valence-corrected chi connectivity index (χ1v) is 6.76. The molecule has 0 aliphatic carbocycles. The zero-order chi connectivity index (χ0) is 16.4. The lowest BCUT2D eigenvalue weighted by atomic mass is 9.92. The Bertz CT molecular complexity index is 730. The molecule has 0 fully saturated rings. The van der Waals surface area contributed by atoms with Gasteiger partial charge in [-0.15, -0.1) is 13.2 Å². The van der Waals surface area contributed by atoms with E-state index < -0.39 is 17.9 Å². The summed E-state index contributed by atoms with van der Waals surface area (Å²) in [7, 11) is 0. The number of ether oxygens (including phenoxy) is 1. The first-order chi connectivity index (χ1) is 10.9. The first kappa shape index (κ1) is 15.2. The molecule has 1 aromatic carbocycles. The fourth-order valence-corrected chi connectivity index (χ4v) is 2.48. The molecule has 0 bridgehead atoms. The van der Waals surface area contributed by atoms with E-state index >= 15 is 0 Å². The second-order valence-corrected chi connectivity index (χ2v) is 4.92. The van der Waals surface area contributed by atoms with Gasteiger partial charge >= 0.3 is 6.36 Å². The normalized spacial score (nSPS) is 11.9. The topological polar surface area (TPSA) is 40.8 Å². The van der Waals surface area contributed by atoms with Gasteiger partial charge in [0.1, 0.15) is 0 Å². The second-order valence-electron chi connectivity index (χ2n) is 4.92. The van der Waals surface area contributed by atoms with Crippen LogP contribution in [-0.4, -0.2) is 16.3 Å². The molecule has 3 aromatic rings. The largest absolute Gasteiger partial charge is 0.573 e. The number of hydrogen-bond acceptors (Lipinski definition) is 1. The average Bonchev–Trinajstić information content (AvgIpc) is 3.14. The molecule has 0 saturated carbocycles. The number of aromatic nitrogens is 2. The van der Waals surface area contributed by atoms with E-state index in [1.807, 2.05) is 12.1 Å². The van der Waals surface area contributed by atoms with E-state index in [-0.39, 0.29) is 5.92 Å². The summed E-state index contributed by atoms with van der Waals surface area (Å²) in [6, 6.07) is 10.7. The van der Waals surface area contributed by atoms with Crippen LogP contribution in [0.3, 0.4) is 0 Å². The summed E-state index contributed by atoms with van der Waals surface area (Å²) in [6.07, 6.45) is -1.48. The van der Waals surface area contributed by atoms with Gasteiger partial charge in [0.05, 0.1) is 5.92 Å². The molecule has 0 saturated heterocycles. The number of hydrogen-bond donors (Lipinski definition) is 2. The Morgan fingerprint density at radius 1 is 0.913 bits per heavy atom. The van der Waals surface area contributed by atoms with Gasteiger partial charge in [-0.25, -0.2) is 4.39 Å². The molecule has 0 aliphatic heterocycles. The Hall–Kier alpha value is -2.70. The summed E-state index contributed by atoms with van der Waals surface area (Å²) < 4.78 is 54.3. The van der Waals surface area contributed by atoms with E-state index in [9.17, 15) is 17.6 Å². The van der Waals surface area contributed by atoms with Crippen molar-refractivity contribution < 1.29 is 22.3 Å². The number of halogens is 4. The zero-order valence-electron chi connectivity index (χ0n) is 11.7. The molecule has 3 rings (SSSR count). The van der Waals surface area contributed by atoms with Gasteiger partial charge in [0.25, 0.3) is 0 Å². The van der Waals surface area contributed by atoms with Crippen LogP contribution in [0, 0.1) is 5.82 Å². The molecule has 23 heavy (non-hydrogen) atoms. The summed E-state index contributed by atoms with van der Waals surface area (Å²) in [6.45, 7) is 0. The summed E-state index contributed by atoms with van der Waals surface area (Å²) in [5.41, 5.74) is 2.08. The Labute approximate surface area is 128 Å². The minimum Gasteiger partial charge on any atom is -0.403 e. The Balaban J connectivity index is 1.99. The summed E-state index contributed by atoms with van der Waals surface area (Å²) >= 11 is 0. The van der Waals surface area contributed by atoms with Gasteiger partial charge in [-0.3, -0.25) is 0 Å². The maximum absolute atomic E-state index is 14.0. The molecule has 2 N–H and O–H groups in total. The monoisotopic (exact) mass is 324 g/mol. The van der Waals surface area contributed by atoms with Gasteiger partial charge in [-0.05, 0) is 42.0 Å². The predicted octanol–water partition coefficient (Wildman–Crippen LogP) is 4.56. The maximum Gasteiger partial charge on any atom is 0.573 e. The highest BCUT2D eigenvalue weighted by molar-refractivity contribution is 5.41. The van der Waals surface area contributed by atoms with E-state index in [0.717, 1.165) is 23.5 Å². The molecule has 2 heterocycles. The minimum absolute atomic E-state index is 0.352. The van der Waals surface area contributed by atoms with Gasteiger partial charge in [0, 0.05) is 23.8 Å². The molecule has 0 radical (unpaired) electrons. The van der Waals surface area contributed by atoms with Crippen LogP contribution >= 0.6 is 0 Å². The second kappa shape index (κ2) is 5.83. The van der Waals surface area contributed by atoms with Gasteiger partial charge in [-0.1, -0.05) is 6.07 Å². The standard InChI is InChI=1S/C16H12F4N2O/c17-11-9-10(5-6-14(11)23-16(18,19)20)15(12-3-1-7-21-12)13-4-2-8-22-13/h1-9,15,21-22H. The van der Waals surface area contributed by atoms with Crippen LogP contribution < -0.4 is 4.74 Å². The van der Waals surface area contributed by atoms with Crippen LogP contribution in [0.15, 0.2) is 54.9 Å². The van der Waals surface area contributed by atoms with E-state index in [4.69, 9.17) is 0 Å². The van der Waals surface area contributed by atoms with E-state index in [1.165, 1.54) is 6.07 Å². The van der Waals surface area contributed by atoms with Crippen molar-refractivity contribution >= 4 is 0 Å². The summed E-state index contributed by atoms with van der Waals surface area (Å²) in [4.78, 5) is 6.09. The molecule has 7 heteroatoms. The SMILES string of the molecule is Fc1cc(C(c2ccc[nH]2)c2ccc[nH]2)ccc1OC(F)(F)F. The van der Waals surface area contributed by atoms with E-state index in [0.29, 0.717) is 5.56 Å². The molecule has 0 spiro atoms. The summed E-state index contributed by atoms with van der Waals surface area (Å²) in [5.74, 6) is -2.27. The average molecular weight is 324 g/mol. The number of rotatable bonds is 4. The molecule has 2 aromatic heterocycles. The van der Waals surface area contributed by atoms with E-state index in [2.05, 4.69) is 14.7 Å². The molecular formula is C16H12F4N2O. The third-order valence-corrected chi connectivity index (χ3v) is 3.38. The van der Waals surface area contributed by atoms with Crippen LogP contribution in [0.5, 0.6) is 5.75 Å².